The van der Waals surface area contributed by atoms with Crippen LogP contribution in [0.1, 0.15) is 26.2 Å². The fourth-order valence-corrected chi connectivity index (χ4v) is 0.769. The van der Waals surface area contributed by atoms with Crippen LogP contribution in [-0.2, 0) is 0 Å². The van der Waals surface area contributed by atoms with Gasteiger partial charge in [-0.3, -0.25) is 0 Å². The number of hydrogen-bond acceptors (Lipinski definition) is 0. The molecule has 0 aromatic heterocycles. The summed E-state index contributed by atoms with van der Waals surface area (Å²) < 4.78 is 0.611. The largest absolute Gasteiger partial charge is 0.480 e. The molecule has 0 unspecified atom stereocenters. The van der Waals surface area contributed by atoms with Gasteiger partial charge in [0.15, 0.2) is 0 Å². The van der Waals surface area contributed by atoms with Crippen molar-refractivity contribution in [1.82, 2.24) is 0 Å². The highest BCUT2D eigenvalue weighted by Crippen LogP contribution is 1.98. The molecule has 0 saturated carbocycles. The first kappa shape index (κ1) is 9.02. The Bertz CT molecular complexity index is 65.8. The molecule has 0 heterocycles. The van der Waals surface area contributed by atoms with E-state index in [0.717, 1.165) is 6.54 Å². The molecule has 52 valence electrons. The van der Waals surface area contributed by atoms with Crippen molar-refractivity contribution >= 4 is 7.98 Å². The molecule has 1 nitrogen and oxygen atoms in total. The number of hydrogen-bond donors (Lipinski definition) is 0. The second kappa shape index (κ2) is 3.94. The lowest BCUT2D eigenvalue weighted by atomic mass is 10.2. The van der Waals surface area contributed by atoms with Gasteiger partial charge in [-0.05, 0) is 12.8 Å². The van der Waals surface area contributed by atoms with Gasteiger partial charge in [0.05, 0.1) is 6.54 Å². The number of rotatable bonds is 4. The normalized spacial score (nSPS) is 11.9. The van der Waals surface area contributed by atoms with Crippen LogP contribution in [0.15, 0.2) is 0 Å². The van der Waals surface area contributed by atoms with E-state index in [4.69, 9.17) is 7.98 Å². The minimum Gasteiger partial charge on any atom is -0.401 e. The second-order valence-electron chi connectivity index (χ2n) is 3.21. The smallest absolute Gasteiger partial charge is 0.401 e. The third-order valence-electron chi connectivity index (χ3n) is 1.34. The zero-order valence-electron chi connectivity index (χ0n) is 6.85. The summed E-state index contributed by atoms with van der Waals surface area (Å²) in [5, 5.41) is 0. The highest BCUT2D eigenvalue weighted by atomic mass is 15.2. The lowest BCUT2D eigenvalue weighted by Gasteiger charge is -2.24. The Morgan fingerprint density at radius 1 is 1.22 bits per heavy atom. The van der Waals surface area contributed by atoms with Gasteiger partial charge in [0.1, 0.15) is 0 Å². The quantitative estimate of drug-likeness (QED) is 0.393. The van der Waals surface area contributed by atoms with Gasteiger partial charge in [-0.1, -0.05) is 13.3 Å². The molecule has 0 bridgehead atoms. The van der Waals surface area contributed by atoms with Crippen molar-refractivity contribution in [2.24, 2.45) is 0 Å². The molecule has 0 amide bonds. The van der Waals surface area contributed by atoms with Crippen molar-refractivity contribution in [1.29, 1.82) is 0 Å². The van der Waals surface area contributed by atoms with E-state index in [-0.39, 0.29) is 0 Å². The minimum atomic E-state index is 0.611. The first-order chi connectivity index (χ1) is 4.06. The Kier molecular flexibility index (Phi) is 3.95. The highest BCUT2D eigenvalue weighted by molar-refractivity contribution is 5.97. The maximum Gasteiger partial charge on any atom is 0.480 e. The summed E-state index contributed by atoms with van der Waals surface area (Å²) in [5.74, 6) is 0. The molecule has 9 heavy (non-hydrogen) atoms. The first-order valence-corrected chi connectivity index (χ1v) is 3.68. The Labute approximate surface area is 60.1 Å². The summed E-state index contributed by atoms with van der Waals surface area (Å²) in [6.45, 7) is 3.30. The molecule has 0 aromatic rings. The van der Waals surface area contributed by atoms with Crippen LogP contribution < -0.4 is 0 Å². The summed E-state index contributed by atoms with van der Waals surface area (Å²) in [6, 6.07) is 0. The van der Waals surface area contributed by atoms with Crippen molar-refractivity contribution in [3.63, 3.8) is 0 Å². The van der Waals surface area contributed by atoms with E-state index >= 15 is 0 Å². The molecule has 0 aliphatic heterocycles. The number of nitrogens with zero attached hydrogens (tertiary/aromatic N) is 1. The molecule has 0 aliphatic rings. The predicted molar refractivity (Wildman–Crippen MR) is 42.3 cm³/mol. The van der Waals surface area contributed by atoms with Crippen molar-refractivity contribution in [2.75, 3.05) is 20.6 Å². The minimum absolute atomic E-state index is 0.611. The van der Waals surface area contributed by atoms with Crippen LogP contribution in [0.5, 0.6) is 0 Å². The van der Waals surface area contributed by atoms with E-state index < -0.39 is 0 Å². The SMILES string of the molecule is [B][N+](C)(C)CCCCC. The Morgan fingerprint density at radius 2 is 1.78 bits per heavy atom. The second-order valence-corrected chi connectivity index (χ2v) is 3.21. The van der Waals surface area contributed by atoms with Gasteiger partial charge in [0.2, 0.25) is 0 Å². The van der Waals surface area contributed by atoms with Gasteiger partial charge in [0, 0.05) is 14.1 Å². The van der Waals surface area contributed by atoms with Crippen LogP contribution >= 0.6 is 0 Å². The molecule has 0 saturated heterocycles. The third kappa shape index (κ3) is 8.02. The topological polar surface area (TPSA) is 0 Å². The van der Waals surface area contributed by atoms with E-state index in [1.54, 1.807) is 0 Å². The van der Waals surface area contributed by atoms with E-state index in [0.29, 0.717) is 4.39 Å². The molecule has 0 atom stereocenters. The van der Waals surface area contributed by atoms with Crippen molar-refractivity contribution in [2.45, 2.75) is 26.2 Å². The third-order valence-corrected chi connectivity index (χ3v) is 1.34. The average molecular weight is 126 g/mol. The monoisotopic (exact) mass is 126 g/mol. The zero-order valence-corrected chi connectivity index (χ0v) is 6.85. The first-order valence-electron chi connectivity index (χ1n) is 3.68. The lowest BCUT2D eigenvalue weighted by Crippen LogP contribution is -2.37. The zero-order chi connectivity index (χ0) is 7.33. The summed E-state index contributed by atoms with van der Waals surface area (Å²) in [4.78, 5) is 0. The molecule has 0 aliphatic carbocycles. The molecule has 0 aromatic carbocycles. The Balaban J connectivity index is 3.07. The van der Waals surface area contributed by atoms with Gasteiger partial charge in [0.25, 0.3) is 0 Å². The van der Waals surface area contributed by atoms with Crippen LogP contribution in [0.25, 0.3) is 0 Å². The van der Waals surface area contributed by atoms with Crippen LogP contribution in [-0.4, -0.2) is 33.0 Å². The molecule has 0 rings (SSSR count). The van der Waals surface area contributed by atoms with Crippen LogP contribution in [0, 0.1) is 0 Å². The number of unbranched alkanes of at least 4 members (excludes halogenated alkanes) is 2. The maximum atomic E-state index is 5.71. The van der Waals surface area contributed by atoms with Gasteiger partial charge in [-0.15, -0.1) is 0 Å². The van der Waals surface area contributed by atoms with Gasteiger partial charge in [-0.25, -0.2) is 0 Å². The van der Waals surface area contributed by atoms with Gasteiger partial charge < -0.3 is 4.39 Å². The fraction of sp³-hybridized carbons (Fsp3) is 1.00. The molecular weight excluding hydrogens is 109 g/mol. The number of quaternary nitrogens is 1. The molecule has 0 fully saturated rings. The Morgan fingerprint density at radius 3 is 2.11 bits per heavy atom. The van der Waals surface area contributed by atoms with E-state index in [9.17, 15) is 0 Å². The van der Waals surface area contributed by atoms with Crippen molar-refractivity contribution in [3.8, 4) is 0 Å². The van der Waals surface area contributed by atoms with Crippen LogP contribution in [0.4, 0.5) is 0 Å². The van der Waals surface area contributed by atoms with Crippen molar-refractivity contribution in [3.05, 3.63) is 0 Å². The van der Waals surface area contributed by atoms with E-state index in [1.165, 1.54) is 19.3 Å². The van der Waals surface area contributed by atoms with E-state index in [2.05, 4.69) is 6.92 Å². The molecule has 0 spiro atoms. The summed E-state index contributed by atoms with van der Waals surface area (Å²) in [6.07, 6.45) is 3.83. The summed E-state index contributed by atoms with van der Waals surface area (Å²) >= 11 is 0. The summed E-state index contributed by atoms with van der Waals surface area (Å²) in [5.41, 5.74) is 0. The van der Waals surface area contributed by atoms with Gasteiger partial charge >= 0.3 is 7.98 Å². The van der Waals surface area contributed by atoms with Crippen molar-refractivity contribution < 1.29 is 4.39 Å². The van der Waals surface area contributed by atoms with Gasteiger partial charge in [-0.2, -0.15) is 0 Å². The maximum absolute atomic E-state index is 5.71. The predicted octanol–water partition coefficient (Wildman–Crippen LogP) is 1.34. The average Bonchev–Trinajstić information content (AvgIpc) is 1.63. The van der Waals surface area contributed by atoms with Crippen LogP contribution in [0.3, 0.4) is 0 Å². The Hall–Kier alpha value is 0.0249. The summed E-state index contributed by atoms with van der Waals surface area (Å²) in [7, 11) is 9.76. The standard InChI is InChI=1S/C7H17BN/c1-4-5-6-7-9(2,3)8/h4-7H2,1-3H3/q+1. The highest BCUT2D eigenvalue weighted by Gasteiger charge is 2.05. The molecule has 2 radical (unpaired) electrons. The van der Waals surface area contributed by atoms with E-state index in [1.807, 2.05) is 14.1 Å². The molecule has 2 heteroatoms. The lowest BCUT2D eigenvalue weighted by molar-refractivity contribution is -0.773. The van der Waals surface area contributed by atoms with Crippen LogP contribution in [0.2, 0.25) is 0 Å². The molecular formula is C7H17BN+. The fourth-order valence-electron chi connectivity index (χ4n) is 0.769. The molecule has 0 N–H and O–H groups in total.